The van der Waals surface area contributed by atoms with E-state index in [1.807, 2.05) is 6.07 Å². The molecule has 8 aromatic rings. The molecular weight excluding hydrogens is 613 g/mol. The summed E-state index contributed by atoms with van der Waals surface area (Å²) in [6, 6.07) is 64.3. The molecule has 0 saturated heterocycles. The van der Waals surface area contributed by atoms with Crippen LogP contribution in [0.3, 0.4) is 0 Å². The Morgan fingerprint density at radius 1 is 0.412 bits per heavy atom. The average molecular weight is 653 g/mol. The molecule has 0 atom stereocenters. The third-order valence-corrected chi connectivity index (χ3v) is 11.0. The fraction of sp³-hybridized carbons (Fsp3) is 0.0980. The van der Waals surface area contributed by atoms with E-state index in [4.69, 9.17) is 0 Å². The van der Waals surface area contributed by atoms with Crippen molar-refractivity contribution in [2.75, 3.05) is 0 Å². The summed E-state index contributed by atoms with van der Waals surface area (Å²) >= 11 is 0. The molecule has 0 N–H and O–H groups in total. The van der Waals surface area contributed by atoms with Gasteiger partial charge in [-0.3, -0.25) is 0 Å². The molecule has 8 aromatic carbocycles. The summed E-state index contributed by atoms with van der Waals surface area (Å²) in [6.07, 6.45) is 0.931. The predicted molar refractivity (Wildman–Crippen MR) is 217 cm³/mol. The Morgan fingerprint density at radius 2 is 1.00 bits per heavy atom. The zero-order valence-corrected chi connectivity index (χ0v) is 29.5. The van der Waals surface area contributed by atoms with Crippen LogP contribution in [0.4, 0.5) is 0 Å². The monoisotopic (exact) mass is 652 g/mol. The minimum Gasteiger partial charge on any atom is -0.0622 e. The van der Waals surface area contributed by atoms with E-state index in [2.05, 4.69) is 191 Å². The Hall–Kier alpha value is -5.98. The van der Waals surface area contributed by atoms with Crippen LogP contribution in [0, 0.1) is 6.92 Å². The van der Waals surface area contributed by atoms with E-state index in [1.54, 1.807) is 0 Å². The Balaban J connectivity index is 0.000000226. The Kier molecular flexibility index (Phi) is 7.55. The fourth-order valence-electron chi connectivity index (χ4n) is 8.33. The van der Waals surface area contributed by atoms with Crippen molar-refractivity contribution in [1.29, 1.82) is 0 Å². The number of rotatable bonds is 4. The van der Waals surface area contributed by atoms with E-state index in [1.165, 1.54) is 94.2 Å². The van der Waals surface area contributed by atoms with Crippen molar-refractivity contribution in [1.82, 2.24) is 0 Å². The molecule has 0 nitrogen and oxygen atoms in total. The number of benzene rings is 8. The van der Waals surface area contributed by atoms with Crippen LogP contribution in [0.1, 0.15) is 41.7 Å². The smallest absolute Gasteiger partial charge is 0.0159 e. The SMILES string of the molecule is CC1(C)c2ccccc2-c2ccc(-c3ccc(Cc4ccc5cccc6c5c4-c4ccccc4-6)cc3)cc21.Cc1ccc(-c2ccccc2)cc1. The summed E-state index contributed by atoms with van der Waals surface area (Å²) < 4.78 is 0. The summed E-state index contributed by atoms with van der Waals surface area (Å²) in [4.78, 5) is 0. The molecule has 0 unspecified atom stereocenters. The second-order valence-electron chi connectivity index (χ2n) is 14.6. The molecule has 0 aliphatic heterocycles. The van der Waals surface area contributed by atoms with E-state index in [0.717, 1.165) is 6.42 Å². The van der Waals surface area contributed by atoms with Gasteiger partial charge in [-0.1, -0.05) is 189 Å². The van der Waals surface area contributed by atoms with Gasteiger partial charge in [0.25, 0.3) is 0 Å². The van der Waals surface area contributed by atoms with Crippen LogP contribution in [-0.4, -0.2) is 0 Å². The van der Waals surface area contributed by atoms with E-state index < -0.39 is 0 Å². The van der Waals surface area contributed by atoms with Crippen molar-refractivity contribution in [3.63, 3.8) is 0 Å². The molecule has 0 saturated carbocycles. The molecular formula is C51H40. The molecule has 0 radical (unpaired) electrons. The van der Waals surface area contributed by atoms with Crippen LogP contribution >= 0.6 is 0 Å². The molecule has 10 rings (SSSR count). The lowest BCUT2D eigenvalue weighted by molar-refractivity contribution is 0.660. The molecule has 51 heavy (non-hydrogen) atoms. The molecule has 0 amide bonds. The lowest BCUT2D eigenvalue weighted by Crippen LogP contribution is -2.14. The lowest BCUT2D eigenvalue weighted by atomic mass is 9.81. The van der Waals surface area contributed by atoms with Crippen molar-refractivity contribution in [2.45, 2.75) is 32.6 Å². The second kappa shape index (κ2) is 12.4. The van der Waals surface area contributed by atoms with Crippen molar-refractivity contribution in [3.8, 4) is 55.6 Å². The topological polar surface area (TPSA) is 0 Å². The Bertz CT molecular complexity index is 2550. The van der Waals surface area contributed by atoms with Crippen LogP contribution in [-0.2, 0) is 11.8 Å². The van der Waals surface area contributed by atoms with Gasteiger partial charge in [0.15, 0.2) is 0 Å². The Morgan fingerprint density at radius 3 is 1.78 bits per heavy atom. The van der Waals surface area contributed by atoms with Crippen LogP contribution in [0.2, 0.25) is 0 Å². The maximum absolute atomic E-state index is 2.41. The van der Waals surface area contributed by atoms with Gasteiger partial charge in [-0.15, -0.1) is 0 Å². The number of hydrogen-bond donors (Lipinski definition) is 0. The highest BCUT2D eigenvalue weighted by atomic mass is 14.4. The van der Waals surface area contributed by atoms with E-state index in [9.17, 15) is 0 Å². The van der Waals surface area contributed by atoms with Gasteiger partial charge in [-0.2, -0.15) is 0 Å². The summed E-state index contributed by atoms with van der Waals surface area (Å²) in [7, 11) is 0. The van der Waals surface area contributed by atoms with Gasteiger partial charge in [0, 0.05) is 5.41 Å². The van der Waals surface area contributed by atoms with Crippen LogP contribution in [0.25, 0.3) is 66.4 Å². The summed E-state index contributed by atoms with van der Waals surface area (Å²) in [5, 5.41) is 2.74. The first-order chi connectivity index (χ1) is 25.0. The first kappa shape index (κ1) is 31.0. The van der Waals surface area contributed by atoms with Gasteiger partial charge < -0.3 is 0 Å². The first-order valence-corrected chi connectivity index (χ1v) is 18.1. The highest BCUT2D eigenvalue weighted by molar-refractivity contribution is 6.16. The van der Waals surface area contributed by atoms with Crippen LogP contribution < -0.4 is 0 Å². The van der Waals surface area contributed by atoms with Crippen molar-refractivity contribution in [2.24, 2.45) is 0 Å². The van der Waals surface area contributed by atoms with Gasteiger partial charge >= 0.3 is 0 Å². The third-order valence-electron chi connectivity index (χ3n) is 11.0. The van der Waals surface area contributed by atoms with Crippen molar-refractivity contribution in [3.05, 3.63) is 204 Å². The maximum atomic E-state index is 2.41. The van der Waals surface area contributed by atoms with Crippen LogP contribution in [0.5, 0.6) is 0 Å². The predicted octanol–water partition coefficient (Wildman–Crippen LogP) is 13.7. The quantitative estimate of drug-likeness (QED) is 0.177. The number of aryl methyl sites for hydroxylation is 1. The van der Waals surface area contributed by atoms with Crippen molar-refractivity contribution < 1.29 is 0 Å². The van der Waals surface area contributed by atoms with Crippen molar-refractivity contribution >= 4 is 10.8 Å². The van der Waals surface area contributed by atoms with Gasteiger partial charge in [0.05, 0.1) is 0 Å². The molecule has 2 aliphatic carbocycles. The lowest BCUT2D eigenvalue weighted by Gasteiger charge is -2.22. The van der Waals surface area contributed by atoms with Gasteiger partial charge in [0.2, 0.25) is 0 Å². The van der Waals surface area contributed by atoms with E-state index in [0.29, 0.717) is 0 Å². The first-order valence-electron chi connectivity index (χ1n) is 18.1. The summed E-state index contributed by atoms with van der Waals surface area (Å²) in [6.45, 7) is 6.80. The van der Waals surface area contributed by atoms with Gasteiger partial charge in [-0.25, -0.2) is 0 Å². The highest BCUT2D eigenvalue weighted by Gasteiger charge is 2.35. The van der Waals surface area contributed by atoms with E-state index >= 15 is 0 Å². The zero-order valence-electron chi connectivity index (χ0n) is 29.5. The molecule has 0 fully saturated rings. The average Bonchev–Trinajstić information content (AvgIpc) is 3.64. The number of hydrogen-bond acceptors (Lipinski definition) is 0. The van der Waals surface area contributed by atoms with Crippen LogP contribution in [0.15, 0.2) is 176 Å². The van der Waals surface area contributed by atoms with Gasteiger partial charge in [-0.05, 0) is 108 Å². The van der Waals surface area contributed by atoms with E-state index in [-0.39, 0.29) is 5.41 Å². The molecule has 0 spiro atoms. The van der Waals surface area contributed by atoms with Gasteiger partial charge in [0.1, 0.15) is 0 Å². The molecule has 2 aliphatic rings. The summed E-state index contributed by atoms with van der Waals surface area (Å²) in [5.41, 5.74) is 20.3. The minimum absolute atomic E-state index is 0.0236. The normalized spacial score (nSPS) is 12.8. The third kappa shape index (κ3) is 5.40. The molecule has 0 aromatic heterocycles. The fourth-order valence-corrected chi connectivity index (χ4v) is 8.33. The second-order valence-corrected chi connectivity index (χ2v) is 14.6. The summed E-state index contributed by atoms with van der Waals surface area (Å²) in [5.74, 6) is 0. The molecule has 244 valence electrons. The zero-order chi connectivity index (χ0) is 34.5. The standard InChI is InChI=1S/C38H28.C13H12/c1-38(2)34-13-6-5-10-30(34)31-21-20-27(23-35(31)38)25-16-14-24(15-17-25)22-28-19-18-26-8-7-12-33-29-9-3-4-11-32(29)37(28)36(26)33;1-11-7-9-13(10-8-11)12-5-3-2-4-6-12/h3-21,23H,22H2,1-2H3;2-10H,1H3. The Labute approximate surface area is 301 Å². The molecule has 0 heterocycles. The molecule has 0 bridgehead atoms. The maximum Gasteiger partial charge on any atom is 0.0159 e. The highest BCUT2D eigenvalue weighted by Crippen LogP contribution is 2.50. The largest absolute Gasteiger partial charge is 0.0622 e. The minimum atomic E-state index is 0.0236. The number of fused-ring (bicyclic) bond motifs is 6. The molecule has 0 heteroatoms.